The Hall–Kier alpha value is -1.15. The van der Waals surface area contributed by atoms with Crippen molar-refractivity contribution in [2.75, 3.05) is 32.4 Å². The number of carboxylic acid groups (broad SMARTS) is 1. The average molecular weight is 236 g/mol. The number of piperazine rings is 1. The van der Waals surface area contributed by atoms with Gasteiger partial charge in [-0.25, -0.2) is 13.2 Å². The zero-order chi connectivity index (χ0) is 11.6. The predicted molar refractivity (Wildman–Crippen MR) is 50.6 cm³/mol. The van der Waals surface area contributed by atoms with Crippen LogP contribution in [0.1, 0.15) is 0 Å². The molecule has 0 aromatic carbocycles. The van der Waals surface area contributed by atoms with E-state index in [9.17, 15) is 18.0 Å². The SMILES string of the molecule is CS(=O)(=O)N1CCN(C(=O)C(=O)O)CC1. The van der Waals surface area contributed by atoms with Crippen LogP contribution in [0.2, 0.25) is 0 Å². The number of amides is 1. The Balaban J connectivity index is 2.57. The van der Waals surface area contributed by atoms with Crippen LogP contribution in [-0.4, -0.2) is 67.0 Å². The molecule has 0 aromatic heterocycles. The van der Waals surface area contributed by atoms with Crippen molar-refractivity contribution in [1.82, 2.24) is 9.21 Å². The van der Waals surface area contributed by atoms with Crippen molar-refractivity contribution in [3.8, 4) is 0 Å². The van der Waals surface area contributed by atoms with Gasteiger partial charge in [0.1, 0.15) is 0 Å². The molecule has 0 aliphatic carbocycles. The van der Waals surface area contributed by atoms with Gasteiger partial charge in [0.2, 0.25) is 10.0 Å². The molecular weight excluding hydrogens is 224 g/mol. The van der Waals surface area contributed by atoms with Crippen LogP contribution in [0, 0.1) is 0 Å². The molecule has 0 unspecified atom stereocenters. The number of hydrogen-bond acceptors (Lipinski definition) is 4. The lowest BCUT2D eigenvalue weighted by Crippen LogP contribution is -2.51. The van der Waals surface area contributed by atoms with Crippen molar-refractivity contribution in [1.29, 1.82) is 0 Å². The van der Waals surface area contributed by atoms with Crippen molar-refractivity contribution in [3.63, 3.8) is 0 Å². The van der Waals surface area contributed by atoms with Crippen molar-refractivity contribution in [2.24, 2.45) is 0 Å². The summed E-state index contributed by atoms with van der Waals surface area (Å²) in [5.41, 5.74) is 0. The molecule has 1 heterocycles. The third kappa shape index (κ3) is 2.90. The lowest BCUT2D eigenvalue weighted by atomic mass is 10.3. The van der Waals surface area contributed by atoms with Gasteiger partial charge in [0.25, 0.3) is 0 Å². The standard InChI is InChI=1S/C7H12N2O5S/c1-15(13,14)9-4-2-8(3-5-9)6(10)7(11)12/h2-5H2,1H3,(H,11,12). The Labute approximate surface area is 87.3 Å². The lowest BCUT2D eigenvalue weighted by Gasteiger charge is -2.32. The monoisotopic (exact) mass is 236 g/mol. The summed E-state index contributed by atoms with van der Waals surface area (Å²) < 4.78 is 23.4. The number of carboxylic acids is 1. The molecule has 1 aliphatic rings. The second-order valence-electron chi connectivity index (χ2n) is 3.26. The van der Waals surface area contributed by atoms with E-state index < -0.39 is 21.9 Å². The molecular formula is C7H12N2O5S. The van der Waals surface area contributed by atoms with E-state index in [0.717, 1.165) is 11.2 Å². The Morgan fingerprint density at radius 3 is 1.93 bits per heavy atom. The van der Waals surface area contributed by atoms with Crippen LogP contribution in [0.25, 0.3) is 0 Å². The maximum atomic E-state index is 11.1. The van der Waals surface area contributed by atoms with Crippen LogP contribution in [0.5, 0.6) is 0 Å². The minimum Gasteiger partial charge on any atom is -0.474 e. The second-order valence-corrected chi connectivity index (χ2v) is 5.24. The fourth-order valence-corrected chi connectivity index (χ4v) is 2.18. The summed E-state index contributed by atoms with van der Waals surface area (Å²) in [6.45, 7) is 0.548. The molecule has 1 aliphatic heterocycles. The van der Waals surface area contributed by atoms with E-state index in [0.29, 0.717) is 0 Å². The first-order chi connectivity index (χ1) is 6.82. The first-order valence-electron chi connectivity index (χ1n) is 4.29. The Morgan fingerprint density at radius 1 is 1.13 bits per heavy atom. The van der Waals surface area contributed by atoms with Gasteiger partial charge in [-0.2, -0.15) is 4.31 Å². The zero-order valence-corrected chi connectivity index (χ0v) is 9.03. The van der Waals surface area contributed by atoms with Crippen LogP contribution in [0.3, 0.4) is 0 Å². The number of hydrogen-bond donors (Lipinski definition) is 1. The van der Waals surface area contributed by atoms with E-state index in [2.05, 4.69) is 0 Å². The highest BCUT2D eigenvalue weighted by Gasteiger charge is 2.28. The summed E-state index contributed by atoms with van der Waals surface area (Å²) in [6.07, 6.45) is 1.08. The molecule has 0 bridgehead atoms. The Morgan fingerprint density at radius 2 is 1.60 bits per heavy atom. The van der Waals surface area contributed by atoms with E-state index in [4.69, 9.17) is 5.11 Å². The number of aliphatic carboxylic acids is 1. The van der Waals surface area contributed by atoms with Gasteiger partial charge in [-0.3, -0.25) is 4.79 Å². The Kier molecular flexibility index (Phi) is 3.30. The number of nitrogens with zero attached hydrogens (tertiary/aromatic N) is 2. The minimum atomic E-state index is -3.25. The average Bonchev–Trinajstić information content (AvgIpc) is 2.15. The molecule has 15 heavy (non-hydrogen) atoms. The quantitative estimate of drug-likeness (QED) is 0.541. The molecule has 1 saturated heterocycles. The molecule has 0 spiro atoms. The van der Waals surface area contributed by atoms with Gasteiger partial charge < -0.3 is 10.0 Å². The van der Waals surface area contributed by atoms with Crippen LogP contribution < -0.4 is 0 Å². The van der Waals surface area contributed by atoms with E-state index >= 15 is 0 Å². The summed E-state index contributed by atoms with van der Waals surface area (Å²) in [5.74, 6) is -2.49. The van der Waals surface area contributed by atoms with Crippen LogP contribution in [0.4, 0.5) is 0 Å². The maximum absolute atomic E-state index is 11.1. The molecule has 0 atom stereocenters. The fourth-order valence-electron chi connectivity index (χ4n) is 1.36. The molecule has 1 rings (SSSR count). The molecule has 8 heteroatoms. The topological polar surface area (TPSA) is 95.0 Å². The third-order valence-electron chi connectivity index (χ3n) is 2.18. The largest absolute Gasteiger partial charge is 0.474 e. The summed E-state index contributed by atoms with van der Waals surface area (Å²) >= 11 is 0. The minimum absolute atomic E-state index is 0.123. The molecule has 1 N–H and O–H groups in total. The van der Waals surface area contributed by atoms with Crippen LogP contribution in [0.15, 0.2) is 0 Å². The highest BCUT2D eigenvalue weighted by Crippen LogP contribution is 2.05. The smallest absolute Gasteiger partial charge is 0.394 e. The van der Waals surface area contributed by atoms with E-state index in [1.54, 1.807) is 0 Å². The van der Waals surface area contributed by atoms with Crippen molar-refractivity contribution >= 4 is 21.9 Å². The van der Waals surface area contributed by atoms with E-state index in [1.807, 2.05) is 0 Å². The Bertz CT molecular complexity index is 369. The first kappa shape index (κ1) is 11.9. The summed E-state index contributed by atoms with van der Waals surface area (Å²) in [6, 6.07) is 0. The molecule has 0 saturated carbocycles. The third-order valence-corrected chi connectivity index (χ3v) is 3.48. The second kappa shape index (κ2) is 4.15. The van der Waals surface area contributed by atoms with Gasteiger partial charge >= 0.3 is 11.9 Å². The fraction of sp³-hybridized carbons (Fsp3) is 0.714. The van der Waals surface area contributed by atoms with E-state index in [-0.39, 0.29) is 26.2 Å². The summed E-state index contributed by atoms with van der Waals surface area (Å²) in [7, 11) is -3.25. The van der Waals surface area contributed by atoms with Gasteiger partial charge in [0, 0.05) is 26.2 Å². The van der Waals surface area contributed by atoms with Crippen molar-refractivity contribution in [2.45, 2.75) is 0 Å². The van der Waals surface area contributed by atoms with Crippen LogP contribution in [-0.2, 0) is 19.6 Å². The summed E-state index contributed by atoms with van der Waals surface area (Å²) in [4.78, 5) is 22.5. The highest BCUT2D eigenvalue weighted by molar-refractivity contribution is 7.88. The highest BCUT2D eigenvalue weighted by atomic mass is 32.2. The summed E-state index contributed by atoms with van der Waals surface area (Å²) in [5, 5.41) is 8.44. The van der Waals surface area contributed by atoms with E-state index in [1.165, 1.54) is 4.31 Å². The molecule has 0 aromatic rings. The number of sulfonamides is 1. The van der Waals surface area contributed by atoms with Crippen molar-refractivity contribution in [3.05, 3.63) is 0 Å². The van der Waals surface area contributed by atoms with Gasteiger partial charge in [-0.15, -0.1) is 0 Å². The van der Waals surface area contributed by atoms with Crippen molar-refractivity contribution < 1.29 is 23.1 Å². The maximum Gasteiger partial charge on any atom is 0.394 e. The van der Waals surface area contributed by atoms with Gasteiger partial charge in [-0.1, -0.05) is 0 Å². The number of rotatable bonds is 1. The van der Waals surface area contributed by atoms with Gasteiger partial charge in [0.05, 0.1) is 6.26 Å². The zero-order valence-electron chi connectivity index (χ0n) is 8.21. The molecule has 0 radical (unpaired) electrons. The molecule has 1 amide bonds. The normalized spacial score (nSPS) is 18.9. The number of carbonyl (C=O) groups is 2. The van der Waals surface area contributed by atoms with Gasteiger partial charge in [0.15, 0.2) is 0 Å². The molecule has 1 fully saturated rings. The predicted octanol–water partition coefficient (Wildman–Crippen LogP) is -1.83. The van der Waals surface area contributed by atoms with Gasteiger partial charge in [-0.05, 0) is 0 Å². The lowest BCUT2D eigenvalue weighted by molar-refractivity contribution is -0.156. The first-order valence-corrected chi connectivity index (χ1v) is 6.14. The number of carbonyl (C=O) groups excluding carboxylic acids is 1. The van der Waals surface area contributed by atoms with Crippen LogP contribution >= 0.6 is 0 Å². The molecule has 86 valence electrons. The molecule has 7 nitrogen and oxygen atoms in total.